The number of hydrogen-bond acceptors (Lipinski definition) is 2. The number of rotatable bonds is 2. The molecule has 0 aromatic carbocycles. The summed E-state index contributed by atoms with van der Waals surface area (Å²) >= 11 is 1.99. The summed E-state index contributed by atoms with van der Waals surface area (Å²) < 4.78 is 2.17. The third kappa shape index (κ3) is 1.70. The molecular formula is C6H7IN2O2. The van der Waals surface area contributed by atoms with Crippen LogP contribution < -0.4 is 0 Å². The summed E-state index contributed by atoms with van der Waals surface area (Å²) in [6, 6.07) is 1.55. The van der Waals surface area contributed by atoms with Crippen LogP contribution in [0.3, 0.4) is 0 Å². The summed E-state index contributed by atoms with van der Waals surface area (Å²) in [6.07, 6.45) is 0. The largest absolute Gasteiger partial charge is 0.477 e. The molecule has 11 heavy (non-hydrogen) atoms. The van der Waals surface area contributed by atoms with Crippen LogP contribution in [0.1, 0.15) is 17.4 Å². The van der Waals surface area contributed by atoms with E-state index in [1.807, 2.05) is 29.5 Å². The van der Waals surface area contributed by atoms with Crippen LogP contribution in [0.15, 0.2) is 6.07 Å². The number of aromatic carboxylic acids is 1. The summed E-state index contributed by atoms with van der Waals surface area (Å²) in [6.45, 7) is 2.44. The average Bonchev–Trinajstić information content (AvgIpc) is 2.30. The first-order valence-corrected chi connectivity index (χ1v) is 4.19. The fourth-order valence-electron chi connectivity index (χ4n) is 0.799. The molecule has 0 aliphatic heterocycles. The Morgan fingerprint density at radius 2 is 2.55 bits per heavy atom. The van der Waals surface area contributed by atoms with Gasteiger partial charge in [-0.15, -0.1) is 0 Å². The third-order valence-corrected chi connectivity index (χ3v) is 1.80. The molecule has 0 bridgehead atoms. The van der Waals surface area contributed by atoms with Gasteiger partial charge in [0.2, 0.25) is 0 Å². The molecule has 1 N–H and O–H groups in total. The minimum atomic E-state index is -0.928. The van der Waals surface area contributed by atoms with Crippen LogP contribution >= 0.6 is 22.6 Å². The number of aryl methyl sites for hydroxylation is 1. The fraction of sp³-hybridized carbons (Fsp3) is 0.333. The second kappa shape index (κ2) is 3.21. The number of halogens is 1. The van der Waals surface area contributed by atoms with E-state index in [0.717, 1.165) is 0 Å². The van der Waals surface area contributed by atoms with Crippen molar-refractivity contribution in [3.63, 3.8) is 0 Å². The van der Waals surface area contributed by atoms with Crippen LogP contribution in [0.2, 0.25) is 0 Å². The van der Waals surface area contributed by atoms with Crippen molar-refractivity contribution in [2.45, 2.75) is 13.5 Å². The Labute approximate surface area is 77.4 Å². The first-order chi connectivity index (χ1) is 5.15. The van der Waals surface area contributed by atoms with E-state index < -0.39 is 5.97 Å². The van der Waals surface area contributed by atoms with Crippen LogP contribution in [0.4, 0.5) is 0 Å². The highest BCUT2D eigenvalue weighted by Crippen LogP contribution is 2.06. The lowest BCUT2D eigenvalue weighted by Crippen LogP contribution is -2.07. The molecule has 1 aromatic heterocycles. The van der Waals surface area contributed by atoms with E-state index in [-0.39, 0.29) is 5.69 Å². The first-order valence-electron chi connectivity index (χ1n) is 3.11. The molecule has 1 aromatic rings. The molecule has 0 unspecified atom stereocenters. The molecular weight excluding hydrogens is 259 g/mol. The Morgan fingerprint density at radius 1 is 1.91 bits per heavy atom. The van der Waals surface area contributed by atoms with Gasteiger partial charge in [0.05, 0.1) is 0 Å². The first kappa shape index (κ1) is 8.51. The molecule has 1 rings (SSSR count). The number of carbonyl (C=O) groups is 1. The maximum absolute atomic E-state index is 10.5. The van der Waals surface area contributed by atoms with Gasteiger partial charge < -0.3 is 5.11 Å². The van der Waals surface area contributed by atoms with Gasteiger partial charge in [0, 0.05) is 12.6 Å². The van der Waals surface area contributed by atoms with Crippen molar-refractivity contribution in [2.24, 2.45) is 0 Å². The normalized spacial score (nSPS) is 10.0. The highest BCUT2D eigenvalue weighted by molar-refractivity contribution is 14.1. The quantitative estimate of drug-likeness (QED) is 0.818. The molecule has 4 nitrogen and oxygen atoms in total. The van der Waals surface area contributed by atoms with E-state index in [1.54, 1.807) is 6.07 Å². The number of nitrogens with zero attached hydrogens (tertiary/aromatic N) is 2. The van der Waals surface area contributed by atoms with Gasteiger partial charge in [0.15, 0.2) is 0 Å². The standard InChI is InChI=1S/C6H7IN2O2/c1-2-9-4(6(10)11)3-5(7)8-9/h3H,2H2,1H3,(H,10,11). The molecule has 0 spiro atoms. The van der Waals surface area contributed by atoms with E-state index in [0.29, 0.717) is 10.2 Å². The lowest BCUT2D eigenvalue weighted by molar-refractivity contribution is 0.0683. The number of carboxylic acids is 1. The zero-order valence-electron chi connectivity index (χ0n) is 5.91. The summed E-state index contributed by atoms with van der Waals surface area (Å²) in [7, 11) is 0. The molecule has 0 aliphatic rings. The molecule has 1 heterocycles. The summed E-state index contributed by atoms with van der Waals surface area (Å²) in [4.78, 5) is 10.5. The Balaban J connectivity index is 3.12. The van der Waals surface area contributed by atoms with Gasteiger partial charge in [-0.05, 0) is 29.5 Å². The van der Waals surface area contributed by atoms with Crippen LogP contribution in [-0.4, -0.2) is 20.9 Å². The fourth-order valence-corrected chi connectivity index (χ4v) is 1.35. The summed E-state index contributed by atoms with van der Waals surface area (Å²) in [5.41, 5.74) is 0.247. The molecule has 0 atom stereocenters. The highest BCUT2D eigenvalue weighted by atomic mass is 127. The van der Waals surface area contributed by atoms with E-state index in [4.69, 9.17) is 5.11 Å². The molecule has 60 valence electrons. The Kier molecular flexibility index (Phi) is 2.48. The van der Waals surface area contributed by atoms with Gasteiger partial charge in [-0.1, -0.05) is 0 Å². The number of hydrogen-bond donors (Lipinski definition) is 1. The van der Waals surface area contributed by atoms with Crippen LogP contribution in [-0.2, 0) is 6.54 Å². The predicted octanol–water partition coefficient (Wildman–Crippen LogP) is 1.21. The van der Waals surface area contributed by atoms with Crippen LogP contribution in [0.5, 0.6) is 0 Å². The van der Waals surface area contributed by atoms with E-state index >= 15 is 0 Å². The van der Waals surface area contributed by atoms with Crippen molar-refractivity contribution in [3.05, 3.63) is 15.5 Å². The molecule has 0 saturated carbocycles. The number of carboxylic acid groups (broad SMARTS) is 1. The van der Waals surface area contributed by atoms with Gasteiger partial charge in [-0.3, -0.25) is 4.68 Å². The molecule has 0 amide bonds. The van der Waals surface area contributed by atoms with E-state index in [9.17, 15) is 4.79 Å². The molecule has 0 fully saturated rings. The lowest BCUT2D eigenvalue weighted by Gasteiger charge is -1.96. The van der Waals surface area contributed by atoms with E-state index in [2.05, 4.69) is 5.10 Å². The molecule has 0 radical (unpaired) electrons. The monoisotopic (exact) mass is 266 g/mol. The second-order valence-electron chi connectivity index (χ2n) is 1.97. The van der Waals surface area contributed by atoms with Crippen molar-refractivity contribution in [2.75, 3.05) is 0 Å². The smallest absolute Gasteiger partial charge is 0.354 e. The van der Waals surface area contributed by atoms with Gasteiger partial charge in [-0.2, -0.15) is 5.10 Å². The zero-order chi connectivity index (χ0) is 8.43. The van der Waals surface area contributed by atoms with Gasteiger partial charge >= 0.3 is 5.97 Å². The van der Waals surface area contributed by atoms with Crippen molar-refractivity contribution >= 4 is 28.6 Å². The highest BCUT2D eigenvalue weighted by Gasteiger charge is 2.10. The molecule has 5 heteroatoms. The minimum absolute atomic E-state index is 0.247. The van der Waals surface area contributed by atoms with Gasteiger partial charge in [0.1, 0.15) is 9.39 Å². The van der Waals surface area contributed by atoms with E-state index in [1.165, 1.54) is 4.68 Å². The Bertz CT molecular complexity index is 282. The average molecular weight is 266 g/mol. The SMILES string of the molecule is CCn1nc(I)cc1C(=O)O. The molecule has 0 saturated heterocycles. The lowest BCUT2D eigenvalue weighted by atomic mass is 10.4. The second-order valence-corrected chi connectivity index (χ2v) is 3.08. The van der Waals surface area contributed by atoms with Crippen molar-refractivity contribution < 1.29 is 9.90 Å². The maximum atomic E-state index is 10.5. The Hall–Kier alpha value is -0.590. The zero-order valence-corrected chi connectivity index (χ0v) is 8.07. The Morgan fingerprint density at radius 3 is 2.91 bits per heavy atom. The predicted molar refractivity (Wildman–Crippen MR) is 47.6 cm³/mol. The summed E-state index contributed by atoms with van der Waals surface area (Å²) in [5, 5.41) is 12.6. The van der Waals surface area contributed by atoms with Gasteiger partial charge in [-0.25, -0.2) is 4.79 Å². The van der Waals surface area contributed by atoms with Crippen molar-refractivity contribution in [1.82, 2.24) is 9.78 Å². The summed E-state index contributed by atoms with van der Waals surface area (Å²) in [5.74, 6) is -0.928. The van der Waals surface area contributed by atoms with Crippen molar-refractivity contribution in [3.8, 4) is 0 Å². The topological polar surface area (TPSA) is 55.1 Å². The third-order valence-electron chi connectivity index (χ3n) is 1.27. The molecule has 0 aliphatic carbocycles. The van der Waals surface area contributed by atoms with Gasteiger partial charge in [0.25, 0.3) is 0 Å². The minimum Gasteiger partial charge on any atom is -0.477 e. The van der Waals surface area contributed by atoms with Crippen LogP contribution in [0, 0.1) is 3.70 Å². The van der Waals surface area contributed by atoms with Crippen molar-refractivity contribution in [1.29, 1.82) is 0 Å². The van der Waals surface area contributed by atoms with Crippen LogP contribution in [0.25, 0.3) is 0 Å². The number of aromatic nitrogens is 2. The maximum Gasteiger partial charge on any atom is 0.354 e.